The molecule has 0 aliphatic carbocycles. The highest BCUT2D eigenvalue weighted by Crippen LogP contribution is 2.33. The summed E-state index contributed by atoms with van der Waals surface area (Å²) in [6, 6.07) is 18.1. The van der Waals surface area contributed by atoms with Crippen LogP contribution in [0.15, 0.2) is 77.6 Å². The number of carbonyl (C=O) groups is 2. The molecule has 0 fully saturated rings. The number of aliphatic hydroxyl groups is 1. The molecule has 0 unspecified atom stereocenters. The first-order chi connectivity index (χ1) is 24.7. The average molecular weight is 702 g/mol. The standard InChI is InChI=1S/C38H32ClN7O5/c1-22-26(4-3-5-31(22)45-37(48)33-9-7-25(20-43-33)19-41-13-15-47)28-10-12-42-32(29(28)18-40)8-6-24-16-30(39)36-34(17-24)44-35(51-36)21-46-14-11-27(23(46)2)38(49)50/h3-12,14,16-17,20,41,47H,13,15,19,21H2,1-2H3,(H,45,48)(H,49,50). The SMILES string of the molecule is Cc1c(NC(=O)c2ccc(CNCCO)cn2)cccc1-c1ccnc(C=Cc2cc(Cl)c3oc(Cn4ccc(C(=O)O)c4C)nc3c2)c1C#N. The number of nitriles is 1. The normalized spacial score (nSPS) is 11.3. The molecular weight excluding hydrogens is 670 g/mol. The number of aromatic nitrogens is 4. The van der Waals surface area contributed by atoms with Gasteiger partial charge in [-0.15, -0.1) is 0 Å². The summed E-state index contributed by atoms with van der Waals surface area (Å²) in [6.45, 7) is 4.86. The van der Waals surface area contributed by atoms with Gasteiger partial charge in [-0.05, 0) is 78.6 Å². The van der Waals surface area contributed by atoms with Gasteiger partial charge in [0, 0.05) is 48.6 Å². The molecule has 0 spiro atoms. The maximum atomic E-state index is 13.1. The van der Waals surface area contributed by atoms with Crippen LogP contribution in [0.5, 0.6) is 0 Å². The minimum Gasteiger partial charge on any atom is -0.478 e. The van der Waals surface area contributed by atoms with Gasteiger partial charge in [0.15, 0.2) is 5.58 Å². The van der Waals surface area contributed by atoms with Crippen molar-refractivity contribution in [2.45, 2.75) is 26.9 Å². The fraction of sp³-hybridized carbons (Fsp3) is 0.158. The highest BCUT2D eigenvalue weighted by molar-refractivity contribution is 6.34. The first kappa shape index (κ1) is 34.7. The Morgan fingerprint density at radius 2 is 1.92 bits per heavy atom. The van der Waals surface area contributed by atoms with E-state index in [2.05, 4.69) is 31.7 Å². The molecule has 1 amide bonds. The van der Waals surface area contributed by atoms with Crippen molar-refractivity contribution in [2.75, 3.05) is 18.5 Å². The predicted molar refractivity (Wildman–Crippen MR) is 193 cm³/mol. The zero-order valence-corrected chi connectivity index (χ0v) is 28.4. The van der Waals surface area contributed by atoms with Gasteiger partial charge in [0.2, 0.25) is 5.89 Å². The number of halogens is 1. The van der Waals surface area contributed by atoms with E-state index in [0.29, 0.717) is 68.9 Å². The summed E-state index contributed by atoms with van der Waals surface area (Å²) in [7, 11) is 0. The number of oxazole rings is 1. The molecule has 12 nitrogen and oxygen atoms in total. The third kappa shape index (κ3) is 7.56. The van der Waals surface area contributed by atoms with E-state index in [4.69, 9.17) is 21.1 Å². The Kier molecular flexibility index (Phi) is 10.3. The molecular formula is C38H32ClN7O5. The third-order valence-corrected chi connectivity index (χ3v) is 8.64. The summed E-state index contributed by atoms with van der Waals surface area (Å²) in [6.07, 6.45) is 8.43. The minimum atomic E-state index is -1.00. The third-order valence-electron chi connectivity index (χ3n) is 8.36. The van der Waals surface area contributed by atoms with Crippen LogP contribution in [0, 0.1) is 25.2 Å². The summed E-state index contributed by atoms with van der Waals surface area (Å²) >= 11 is 6.57. The van der Waals surface area contributed by atoms with Crippen molar-refractivity contribution in [3.8, 4) is 17.2 Å². The molecule has 4 N–H and O–H groups in total. The maximum Gasteiger partial charge on any atom is 0.337 e. The number of nitrogens with zero attached hydrogens (tertiary/aromatic N) is 5. The molecule has 6 aromatic rings. The lowest BCUT2D eigenvalue weighted by Gasteiger charge is -2.14. The lowest BCUT2D eigenvalue weighted by Crippen LogP contribution is -2.18. The van der Waals surface area contributed by atoms with Gasteiger partial charge < -0.3 is 29.8 Å². The number of nitrogens with one attached hydrogen (secondary N) is 2. The van der Waals surface area contributed by atoms with E-state index < -0.39 is 5.97 Å². The van der Waals surface area contributed by atoms with Crippen molar-refractivity contribution in [1.29, 1.82) is 5.26 Å². The number of anilines is 1. The number of fused-ring (bicyclic) bond motifs is 1. The first-order valence-corrected chi connectivity index (χ1v) is 16.3. The van der Waals surface area contributed by atoms with Gasteiger partial charge in [-0.25, -0.2) is 9.78 Å². The van der Waals surface area contributed by atoms with Crippen molar-refractivity contribution < 1.29 is 24.2 Å². The topological polar surface area (TPSA) is 179 Å². The molecule has 0 saturated heterocycles. The summed E-state index contributed by atoms with van der Waals surface area (Å²) in [4.78, 5) is 37.8. The smallest absolute Gasteiger partial charge is 0.337 e. The van der Waals surface area contributed by atoms with Crippen LogP contribution in [0.4, 0.5) is 5.69 Å². The van der Waals surface area contributed by atoms with E-state index in [0.717, 1.165) is 16.7 Å². The van der Waals surface area contributed by atoms with Crippen LogP contribution >= 0.6 is 11.6 Å². The molecule has 4 aromatic heterocycles. The molecule has 256 valence electrons. The molecule has 0 aliphatic rings. The van der Waals surface area contributed by atoms with Crippen LogP contribution in [0.25, 0.3) is 34.4 Å². The molecule has 51 heavy (non-hydrogen) atoms. The van der Waals surface area contributed by atoms with Gasteiger partial charge in [-0.2, -0.15) is 5.26 Å². The minimum absolute atomic E-state index is 0.0370. The van der Waals surface area contributed by atoms with Crippen LogP contribution < -0.4 is 10.6 Å². The second kappa shape index (κ2) is 15.2. The van der Waals surface area contributed by atoms with Gasteiger partial charge in [-0.1, -0.05) is 35.9 Å². The van der Waals surface area contributed by atoms with Gasteiger partial charge in [0.25, 0.3) is 5.91 Å². The monoisotopic (exact) mass is 701 g/mol. The number of aromatic carboxylic acids is 1. The van der Waals surface area contributed by atoms with E-state index in [1.165, 1.54) is 6.07 Å². The van der Waals surface area contributed by atoms with Crippen molar-refractivity contribution in [3.05, 3.63) is 129 Å². The molecule has 0 radical (unpaired) electrons. The Balaban J connectivity index is 1.22. The number of benzene rings is 2. The van der Waals surface area contributed by atoms with E-state index in [1.807, 2.05) is 19.1 Å². The summed E-state index contributed by atoms with van der Waals surface area (Å²) < 4.78 is 7.65. The number of hydrogen-bond acceptors (Lipinski definition) is 9. The zero-order valence-electron chi connectivity index (χ0n) is 27.6. The van der Waals surface area contributed by atoms with Gasteiger partial charge >= 0.3 is 5.97 Å². The van der Waals surface area contributed by atoms with Crippen LogP contribution in [0.3, 0.4) is 0 Å². The number of carbonyl (C=O) groups excluding carboxylic acids is 1. The van der Waals surface area contributed by atoms with Gasteiger partial charge in [0.05, 0.1) is 35.0 Å². The Morgan fingerprint density at radius 3 is 2.65 bits per heavy atom. The summed E-state index contributed by atoms with van der Waals surface area (Å²) in [5.74, 6) is -1.00. The van der Waals surface area contributed by atoms with Gasteiger partial charge in [-0.3, -0.25) is 14.8 Å². The quantitative estimate of drug-likeness (QED) is 0.103. The lowest BCUT2D eigenvalue weighted by atomic mass is 9.94. The maximum absolute atomic E-state index is 13.1. The van der Waals surface area contributed by atoms with Crippen LogP contribution in [0.2, 0.25) is 5.02 Å². The Morgan fingerprint density at radius 1 is 1.08 bits per heavy atom. The summed E-state index contributed by atoms with van der Waals surface area (Å²) in [5, 5.41) is 34.9. The number of pyridine rings is 2. The van der Waals surface area contributed by atoms with Crippen molar-refractivity contribution >= 4 is 52.4 Å². The zero-order chi connectivity index (χ0) is 36.1. The fourth-order valence-electron chi connectivity index (χ4n) is 5.66. The van der Waals surface area contributed by atoms with Gasteiger partial charge in [0.1, 0.15) is 17.3 Å². The number of carboxylic acids is 1. The average Bonchev–Trinajstić information content (AvgIpc) is 3.71. The molecule has 6 rings (SSSR count). The second-order valence-corrected chi connectivity index (χ2v) is 12.1. The lowest BCUT2D eigenvalue weighted by molar-refractivity contribution is 0.0695. The summed E-state index contributed by atoms with van der Waals surface area (Å²) in [5.41, 5.74) is 7.12. The number of aliphatic hydroxyl groups excluding tert-OH is 1. The molecule has 0 bridgehead atoms. The molecule has 2 aromatic carbocycles. The Labute approximate surface area is 297 Å². The van der Waals surface area contributed by atoms with E-state index in [-0.39, 0.29) is 30.3 Å². The molecule has 0 atom stereocenters. The van der Waals surface area contributed by atoms with Crippen LogP contribution in [-0.4, -0.2) is 54.8 Å². The molecule has 0 aliphatic heterocycles. The highest BCUT2D eigenvalue weighted by Gasteiger charge is 2.17. The van der Waals surface area contributed by atoms with Crippen molar-refractivity contribution in [3.63, 3.8) is 0 Å². The van der Waals surface area contributed by atoms with Crippen LogP contribution in [0.1, 0.15) is 60.4 Å². The van der Waals surface area contributed by atoms with Crippen LogP contribution in [-0.2, 0) is 13.1 Å². The fourth-order valence-corrected chi connectivity index (χ4v) is 5.92. The van der Waals surface area contributed by atoms with Crippen molar-refractivity contribution in [1.82, 2.24) is 24.8 Å². The molecule has 0 saturated carbocycles. The predicted octanol–water partition coefficient (Wildman–Crippen LogP) is 6.48. The Bertz CT molecular complexity index is 2340. The number of carboxylic acid groups (broad SMARTS) is 1. The number of amides is 1. The largest absolute Gasteiger partial charge is 0.478 e. The van der Waals surface area contributed by atoms with E-state index in [1.54, 1.807) is 78.6 Å². The Hall–Kier alpha value is -6.13. The first-order valence-electron chi connectivity index (χ1n) is 15.9. The number of hydrogen-bond donors (Lipinski definition) is 4. The molecule has 13 heteroatoms. The van der Waals surface area contributed by atoms with Crippen molar-refractivity contribution in [2.24, 2.45) is 0 Å². The van der Waals surface area contributed by atoms with E-state index >= 15 is 0 Å². The van der Waals surface area contributed by atoms with E-state index in [9.17, 15) is 20.0 Å². The molecule has 4 heterocycles. The highest BCUT2D eigenvalue weighted by atomic mass is 35.5. The second-order valence-electron chi connectivity index (χ2n) is 11.7. The number of rotatable bonds is 12.